The van der Waals surface area contributed by atoms with Gasteiger partial charge in [0.1, 0.15) is 0 Å². The molecule has 0 fully saturated rings. The Bertz CT molecular complexity index is 30.5. The smallest absolute Gasteiger partial charge is 1.00 e. The molecule has 0 aliphatic heterocycles. The third kappa shape index (κ3) is 148. The van der Waals surface area contributed by atoms with Crippen LogP contribution in [0.15, 0.2) is 0 Å². The topological polar surface area (TPSA) is 0 Å². The Morgan fingerprint density at radius 2 is 0.583 bits per heavy atom. The van der Waals surface area contributed by atoms with Crippen molar-refractivity contribution < 1.29 is 88.6 Å². The van der Waals surface area contributed by atoms with Crippen LogP contribution in [0, 0.1) is 0 Å². The largest absolute Gasteiger partial charge is 2.00 e. The minimum atomic E-state index is -2.72. The van der Waals surface area contributed by atoms with Gasteiger partial charge in [0.05, 0.1) is 0 Å². The summed E-state index contributed by atoms with van der Waals surface area (Å²) in [6.07, 6.45) is 0. The van der Waals surface area contributed by atoms with Gasteiger partial charge in [-0.25, -0.2) is 0 Å². The summed E-state index contributed by atoms with van der Waals surface area (Å²) < 4.78 is 0. The molecule has 0 amide bonds. The molecule has 0 saturated heterocycles. The summed E-state index contributed by atoms with van der Waals surface area (Å²) in [4.78, 5) is 0. The van der Waals surface area contributed by atoms with Crippen LogP contribution in [0.4, 0.5) is 0 Å². The van der Waals surface area contributed by atoms with E-state index in [2.05, 4.69) is 0 Å². The quantitative estimate of drug-likeness (QED) is 0.242. The molecule has 12 heavy (non-hydrogen) atoms. The molecule has 0 nitrogen and oxygen atoms in total. The van der Waals surface area contributed by atoms with Crippen LogP contribution in [0.3, 0.4) is 0 Å². The van der Waals surface area contributed by atoms with Crippen molar-refractivity contribution in [2.45, 2.75) is 0 Å². The van der Waals surface area contributed by atoms with E-state index >= 15 is 0 Å². The summed E-state index contributed by atoms with van der Waals surface area (Å²) in [6, 6.07) is 0. The fraction of sp³-hybridized carbons (Fsp3) is 0. The molecule has 0 radical (unpaired) electrons. The Morgan fingerprint density at radius 1 is 0.583 bits per heavy atom. The van der Waals surface area contributed by atoms with Gasteiger partial charge in [-0.05, 0) is 11.0 Å². The van der Waals surface area contributed by atoms with Crippen LogP contribution in [0.25, 0.3) is 0 Å². The minimum Gasteiger partial charge on any atom is -1.00 e. The van der Waals surface area contributed by atoms with Gasteiger partial charge in [0.25, 0.3) is 0 Å². The number of hydrogen-bond donors (Lipinski definition) is 0. The Labute approximate surface area is 147 Å². The number of hydrogen-bond acceptors (Lipinski definition) is 0. The first-order valence-corrected chi connectivity index (χ1v) is 6.80. The molecule has 0 spiro atoms. The third-order valence-electron chi connectivity index (χ3n) is 0. The summed E-state index contributed by atoms with van der Waals surface area (Å²) in [5.41, 5.74) is 0. The Morgan fingerprint density at radius 3 is 0.583 bits per heavy atom. The van der Waals surface area contributed by atoms with Crippen molar-refractivity contribution >= 4 is 60.6 Å². The number of rotatable bonds is 0. The predicted octanol–water partition coefficient (Wildman–Crippen LogP) is -11.1. The van der Waals surface area contributed by atoms with E-state index in [9.17, 15) is 0 Å². The maximum Gasteiger partial charge on any atom is 2.00 e. The zero-order valence-electron chi connectivity index (χ0n) is 4.94. The predicted molar refractivity (Wildman–Crippen MR) is 40.5 cm³/mol. The van der Waals surface area contributed by atoms with E-state index in [-0.39, 0.29) is 99.5 Å². The molecule has 0 atom stereocenters. The third-order valence-corrected chi connectivity index (χ3v) is 0. The van der Waals surface area contributed by atoms with E-state index in [1.165, 1.54) is 0 Å². The van der Waals surface area contributed by atoms with Crippen LogP contribution in [-0.4, -0.2) is 16.3 Å². The van der Waals surface area contributed by atoms with Crippen LogP contribution >= 0.6 is 44.3 Å². The molecule has 0 aromatic rings. The van der Waals surface area contributed by atoms with Crippen LogP contribution in [0.5, 0.6) is 0 Å². The summed E-state index contributed by atoms with van der Waals surface area (Å²) in [7, 11) is 0. The second kappa shape index (κ2) is 29.4. The fourth-order valence-electron chi connectivity index (χ4n) is 0. The van der Waals surface area contributed by atoms with Crippen LogP contribution in [0.2, 0.25) is 0 Å². The van der Waals surface area contributed by atoms with Crippen LogP contribution in [-0.2, 0) is 39.0 Å². The second-order valence-electron chi connectivity index (χ2n) is 0.429. The first-order chi connectivity index (χ1) is 2.00. The van der Waals surface area contributed by atoms with Gasteiger partial charge < -0.3 is 49.6 Å². The standard InChI is InChI=1S/Cl4Si.4ClH.H4Si.2Zn/c1-5(2,3)4;;;;;;;/h;4*1H;1H4;;/q;;;;;;2*+2/p-4. The Balaban J connectivity index is -0.00000000381. The zero-order valence-corrected chi connectivity index (χ0v) is 17.9. The van der Waals surface area contributed by atoms with Gasteiger partial charge in [0.15, 0.2) is 0 Å². The van der Waals surface area contributed by atoms with Gasteiger partial charge in [-0.2, -0.15) is 0 Å². The zero-order chi connectivity index (χ0) is 4.50. The minimum absolute atomic E-state index is 0. The molecule has 0 unspecified atom stereocenters. The first-order valence-electron chi connectivity index (χ1n) is 0.756. The van der Waals surface area contributed by atoms with Crippen molar-refractivity contribution in [2.24, 2.45) is 0 Å². The monoisotopic (exact) mass is 468 g/mol. The van der Waals surface area contributed by atoms with Gasteiger partial charge >= 0.3 is 44.3 Å². The van der Waals surface area contributed by atoms with E-state index in [1.807, 2.05) is 0 Å². The molecule has 0 aromatic carbocycles. The molecule has 0 saturated carbocycles. The van der Waals surface area contributed by atoms with E-state index in [0.717, 1.165) is 0 Å². The summed E-state index contributed by atoms with van der Waals surface area (Å²) in [5, 5.41) is -2.72. The Hall–Kier alpha value is 4.00. The van der Waals surface area contributed by atoms with E-state index < -0.39 is 5.31 Å². The van der Waals surface area contributed by atoms with Crippen molar-refractivity contribution in [1.29, 1.82) is 0 Å². The van der Waals surface area contributed by atoms with E-state index in [0.29, 0.717) is 0 Å². The average Bonchev–Trinajstić information content (AvgIpc) is 0.722. The van der Waals surface area contributed by atoms with Crippen LogP contribution < -0.4 is 49.6 Å². The molecule has 12 heteroatoms. The molecule has 0 aliphatic carbocycles. The second-order valence-corrected chi connectivity index (χ2v) is 11.6. The van der Waals surface area contributed by atoms with Crippen LogP contribution in [0.1, 0.15) is 0 Å². The van der Waals surface area contributed by atoms with Gasteiger partial charge in [0, 0.05) is 0 Å². The molecule has 0 N–H and O–H groups in total. The molecule has 0 aliphatic rings. The maximum atomic E-state index is 4.97. The average molecular weight is 475 g/mol. The fourth-order valence-corrected chi connectivity index (χ4v) is 0. The molecule has 0 heterocycles. The van der Waals surface area contributed by atoms with Gasteiger partial charge in [0.2, 0.25) is 0 Å². The van der Waals surface area contributed by atoms with E-state index in [1.54, 1.807) is 0 Å². The summed E-state index contributed by atoms with van der Waals surface area (Å²) >= 11 is 19.9. The first kappa shape index (κ1) is 56.2. The van der Waals surface area contributed by atoms with Crippen molar-refractivity contribution in [3.63, 3.8) is 0 Å². The number of halogens is 8. The normalized spacial score (nSPS) is 5.00. The molecule has 72 valence electrons. The van der Waals surface area contributed by atoms with Crippen molar-refractivity contribution in [3.05, 3.63) is 0 Å². The molecular formula is H4Cl8Si2Zn2. The van der Waals surface area contributed by atoms with Gasteiger partial charge in [-0.3, -0.25) is 0 Å². The maximum absolute atomic E-state index is 4.97. The molecular weight excluding hydrogens is 471 g/mol. The van der Waals surface area contributed by atoms with Gasteiger partial charge in [-0.1, -0.05) is 0 Å². The van der Waals surface area contributed by atoms with Crippen molar-refractivity contribution in [3.8, 4) is 0 Å². The summed E-state index contributed by atoms with van der Waals surface area (Å²) in [6.45, 7) is 0. The van der Waals surface area contributed by atoms with Crippen molar-refractivity contribution in [2.75, 3.05) is 0 Å². The van der Waals surface area contributed by atoms with Gasteiger partial charge in [-0.15, -0.1) is 44.3 Å². The molecule has 0 rings (SSSR count). The summed E-state index contributed by atoms with van der Waals surface area (Å²) in [5.74, 6) is 0. The van der Waals surface area contributed by atoms with E-state index in [4.69, 9.17) is 44.3 Å². The van der Waals surface area contributed by atoms with Crippen molar-refractivity contribution in [1.82, 2.24) is 0 Å². The molecule has 0 bridgehead atoms. The Kier molecular flexibility index (Phi) is 138. The molecule has 0 aromatic heterocycles. The SMILES string of the molecule is Cl[Si](Cl)(Cl)Cl.[Cl-].[Cl-].[Cl-].[Cl-].[SiH4].[Zn+2].[Zn+2].